The smallest absolute Gasteiger partial charge is 0.242 e. The van der Waals surface area contributed by atoms with Crippen molar-refractivity contribution in [2.45, 2.75) is 6.42 Å². The van der Waals surface area contributed by atoms with Crippen LogP contribution >= 0.6 is 11.6 Å². The molecule has 3 rings (SSSR count). The molecule has 1 amide bonds. The molecule has 3 nitrogen and oxygen atoms in total. The van der Waals surface area contributed by atoms with E-state index in [1.54, 1.807) is 12.1 Å². The molecule has 0 radical (unpaired) electrons. The van der Waals surface area contributed by atoms with Gasteiger partial charge in [0.2, 0.25) is 5.91 Å². The summed E-state index contributed by atoms with van der Waals surface area (Å²) < 4.78 is 0. The van der Waals surface area contributed by atoms with Crippen LogP contribution in [0.2, 0.25) is 5.02 Å². The highest BCUT2D eigenvalue weighted by molar-refractivity contribution is 6.30. The lowest BCUT2D eigenvalue weighted by atomic mass is 10.0. The Bertz CT molecular complexity index is 817. The Labute approximate surface area is 146 Å². The van der Waals surface area contributed by atoms with E-state index < -0.39 is 0 Å². The molecule has 0 bridgehead atoms. The summed E-state index contributed by atoms with van der Waals surface area (Å²) in [6.45, 7) is 0. The molecule has 0 spiro atoms. The highest BCUT2D eigenvalue weighted by atomic mass is 35.5. The molecule has 0 aromatic heterocycles. The molecule has 120 valence electrons. The van der Waals surface area contributed by atoms with Crippen LogP contribution < -0.4 is 10.9 Å². The van der Waals surface area contributed by atoms with E-state index in [4.69, 9.17) is 11.6 Å². The zero-order chi connectivity index (χ0) is 16.8. The SMILES string of the molecule is O=C(Cc1ccc(-c2ccccc2)cc1)NNc1cccc(Cl)c1. The molecule has 0 aliphatic rings. The molecule has 0 saturated heterocycles. The van der Waals surface area contributed by atoms with E-state index in [-0.39, 0.29) is 5.91 Å². The quantitative estimate of drug-likeness (QED) is 0.663. The summed E-state index contributed by atoms with van der Waals surface area (Å²) in [7, 11) is 0. The van der Waals surface area contributed by atoms with E-state index in [9.17, 15) is 4.79 Å². The second kappa shape index (κ2) is 7.66. The van der Waals surface area contributed by atoms with E-state index in [2.05, 4.69) is 23.0 Å². The summed E-state index contributed by atoms with van der Waals surface area (Å²) in [4.78, 5) is 12.0. The first-order valence-corrected chi connectivity index (χ1v) is 8.03. The minimum atomic E-state index is -0.109. The summed E-state index contributed by atoms with van der Waals surface area (Å²) in [5.41, 5.74) is 9.54. The Morgan fingerprint density at radius 1 is 0.833 bits per heavy atom. The van der Waals surface area contributed by atoms with Gasteiger partial charge >= 0.3 is 0 Å². The van der Waals surface area contributed by atoms with Crippen molar-refractivity contribution >= 4 is 23.2 Å². The summed E-state index contributed by atoms with van der Waals surface area (Å²) in [6.07, 6.45) is 0.308. The average Bonchev–Trinajstić information content (AvgIpc) is 2.61. The van der Waals surface area contributed by atoms with Gasteiger partial charge in [-0.15, -0.1) is 0 Å². The lowest BCUT2D eigenvalue weighted by molar-refractivity contribution is -0.119. The molecule has 3 aromatic rings. The first-order chi connectivity index (χ1) is 11.7. The maximum Gasteiger partial charge on any atom is 0.242 e. The van der Waals surface area contributed by atoms with Crippen LogP contribution in [0.3, 0.4) is 0 Å². The number of hydrogen-bond donors (Lipinski definition) is 2. The summed E-state index contributed by atoms with van der Waals surface area (Å²) in [6, 6.07) is 25.3. The normalized spacial score (nSPS) is 10.2. The van der Waals surface area contributed by atoms with Crippen LogP contribution in [0.4, 0.5) is 5.69 Å². The van der Waals surface area contributed by atoms with Gasteiger partial charge < -0.3 is 0 Å². The first kappa shape index (κ1) is 16.1. The number of hydrazine groups is 1. The molecule has 0 aliphatic heterocycles. The molecule has 0 heterocycles. The Kier molecular flexibility index (Phi) is 5.14. The van der Waals surface area contributed by atoms with Gasteiger partial charge in [0, 0.05) is 5.02 Å². The molecule has 2 N–H and O–H groups in total. The molecular weight excluding hydrogens is 320 g/mol. The van der Waals surface area contributed by atoms with Gasteiger partial charge in [-0.25, -0.2) is 0 Å². The van der Waals surface area contributed by atoms with Crippen LogP contribution in [-0.2, 0) is 11.2 Å². The van der Waals surface area contributed by atoms with Gasteiger partial charge in [0.25, 0.3) is 0 Å². The van der Waals surface area contributed by atoms with Crippen molar-refractivity contribution in [2.75, 3.05) is 5.43 Å². The number of halogens is 1. The van der Waals surface area contributed by atoms with Crippen molar-refractivity contribution in [1.82, 2.24) is 5.43 Å². The van der Waals surface area contributed by atoms with Gasteiger partial charge in [0.05, 0.1) is 12.1 Å². The number of anilines is 1. The fourth-order valence-corrected chi connectivity index (χ4v) is 2.57. The van der Waals surface area contributed by atoms with Crippen LogP contribution in [0.1, 0.15) is 5.56 Å². The average molecular weight is 337 g/mol. The van der Waals surface area contributed by atoms with Gasteiger partial charge in [-0.2, -0.15) is 0 Å². The predicted molar refractivity (Wildman–Crippen MR) is 98.8 cm³/mol. The van der Waals surface area contributed by atoms with Crippen molar-refractivity contribution in [3.05, 3.63) is 89.4 Å². The van der Waals surface area contributed by atoms with E-state index in [1.165, 1.54) is 0 Å². The highest BCUT2D eigenvalue weighted by Gasteiger charge is 2.04. The zero-order valence-electron chi connectivity index (χ0n) is 13.0. The molecular formula is C20H17ClN2O. The number of amides is 1. The predicted octanol–water partition coefficient (Wildman–Crippen LogP) is 4.69. The second-order valence-corrected chi connectivity index (χ2v) is 5.86. The van der Waals surface area contributed by atoms with Crippen molar-refractivity contribution in [2.24, 2.45) is 0 Å². The first-order valence-electron chi connectivity index (χ1n) is 7.65. The minimum absolute atomic E-state index is 0.109. The number of benzene rings is 3. The highest BCUT2D eigenvalue weighted by Crippen LogP contribution is 2.19. The standard InChI is InChI=1S/C20H17ClN2O/c21-18-7-4-8-19(14-18)22-23-20(24)13-15-9-11-17(12-10-15)16-5-2-1-3-6-16/h1-12,14,22H,13H2,(H,23,24). The van der Waals surface area contributed by atoms with E-state index in [0.29, 0.717) is 11.4 Å². The van der Waals surface area contributed by atoms with Crippen LogP contribution in [0.5, 0.6) is 0 Å². The van der Waals surface area contributed by atoms with Gasteiger partial charge in [-0.3, -0.25) is 15.6 Å². The lowest BCUT2D eigenvalue weighted by Crippen LogP contribution is -2.30. The fourth-order valence-electron chi connectivity index (χ4n) is 2.38. The van der Waals surface area contributed by atoms with Gasteiger partial charge in [-0.05, 0) is 34.9 Å². The van der Waals surface area contributed by atoms with E-state index in [1.807, 2.05) is 54.6 Å². The Morgan fingerprint density at radius 3 is 2.25 bits per heavy atom. The Hall–Kier alpha value is -2.78. The van der Waals surface area contributed by atoms with E-state index in [0.717, 1.165) is 22.4 Å². The van der Waals surface area contributed by atoms with Gasteiger partial charge in [0.15, 0.2) is 0 Å². The number of carbonyl (C=O) groups is 1. The number of nitrogens with one attached hydrogen (secondary N) is 2. The van der Waals surface area contributed by atoms with Crippen LogP contribution in [0.15, 0.2) is 78.9 Å². The third-order valence-corrected chi connectivity index (χ3v) is 3.83. The molecule has 4 heteroatoms. The monoisotopic (exact) mass is 336 g/mol. The molecule has 0 saturated carbocycles. The number of hydrogen-bond acceptors (Lipinski definition) is 2. The topological polar surface area (TPSA) is 41.1 Å². The van der Waals surface area contributed by atoms with Crippen molar-refractivity contribution < 1.29 is 4.79 Å². The molecule has 0 aliphatic carbocycles. The molecule has 0 fully saturated rings. The molecule has 24 heavy (non-hydrogen) atoms. The van der Waals surface area contributed by atoms with Crippen molar-refractivity contribution in [3.63, 3.8) is 0 Å². The zero-order valence-corrected chi connectivity index (χ0v) is 13.8. The largest absolute Gasteiger partial charge is 0.299 e. The van der Waals surface area contributed by atoms with Crippen molar-refractivity contribution in [1.29, 1.82) is 0 Å². The minimum Gasteiger partial charge on any atom is -0.299 e. The third-order valence-electron chi connectivity index (χ3n) is 3.60. The molecule has 3 aromatic carbocycles. The maximum atomic E-state index is 12.0. The molecule has 0 unspecified atom stereocenters. The summed E-state index contributed by atoms with van der Waals surface area (Å²) in [5, 5.41) is 0.616. The third kappa shape index (κ3) is 4.37. The second-order valence-electron chi connectivity index (χ2n) is 5.42. The maximum absolute atomic E-state index is 12.0. The lowest BCUT2D eigenvalue weighted by Gasteiger charge is -2.09. The fraction of sp³-hybridized carbons (Fsp3) is 0.0500. The van der Waals surface area contributed by atoms with Crippen LogP contribution in [-0.4, -0.2) is 5.91 Å². The summed E-state index contributed by atoms with van der Waals surface area (Å²) >= 11 is 5.90. The summed E-state index contributed by atoms with van der Waals surface area (Å²) in [5.74, 6) is -0.109. The van der Waals surface area contributed by atoms with Gasteiger partial charge in [0.1, 0.15) is 0 Å². The number of rotatable bonds is 5. The Balaban J connectivity index is 1.57. The molecule has 0 atom stereocenters. The van der Waals surface area contributed by atoms with Crippen LogP contribution in [0.25, 0.3) is 11.1 Å². The van der Waals surface area contributed by atoms with Crippen molar-refractivity contribution in [3.8, 4) is 11.1 Å². The van der Waals surface area contributed by atoms with Crippen LogP contribution in [0, 0.1) is 0 Å². The Morgan fingerprint density at radius 2 is 1.54 bits per heavy atom. The number of carbonyl (C=O) groups excluding carboxylic acids is 1. The van der Waals surface area contributed by atoms with Gasteiger partial charge in [-0.1, -0.05) is 72.3 Å². The van der Waals surface area contributed by atoms with E-state index >= 15 is 0 Å².